The van der Waals surface area contributed by atoms with Crippen LogP contribution in [0.25, 0.3) is 10.9 Å². The number of hydrogen-bond acceptors (Lipinski definition) is 6. The van der Waals surface area contributed by atoms with Gasteiger partial charge in [-0.15, -0.1) is 0 Å². The highest BCUT2D eigenvalue weighted by Crippen LogP contribution is 2.24. The van der Waals surface area contributed by atoms with Crippen LogP contribution in [0.1, 0.15) is 10.5 Å². The smallest absolute Gasteiger partial charge is 0.276 e. The van der Waals surface area contributed by atoms with Crippen LogP contribution >= 0.6 is 0 Å². The Hall–Kier alpha value is -3.46. The number of amides is 1. The number of benzene rings is 2. The van der Waals surface area contributed by atoms with Gasteiger partial charge in [-0.1, -0.05) is 0 Å². The van der Waals surface area contributed by atoms with Gasteiger partial charge in [-0.05, 0) is 30.3 Å². The molecule has 138 valence electrons. The normalized spacial score (nSPS) is 14.3. The van der Waals surface area contributed by atoms with Crippen LogP contribution in [0, 0.1) is 10.1 Å². The van der Waals surface area contributed by atoms with Gasteiger partial charge in [0.25, 0.3) is 11.6 Å². The molecule has 1 aliphatic rings. The molecule has 1 saturated heterocycles. The number of nitrogens with zero attached hydrogens (tertiary/aromatic N) is 3. The standard InChI is InChI=1S/C18H17N5O4/c24-18(17-15-11-14(23(25)26)5-6-16(15)20-21-17)19-12-1-3-13(4-2-12)22-7-9-27-10-8-22/h1-6,11H,7-10H2,(H,19,24)(H,20,21). The predicted molar refractivity (Wildman–Crippen MR) is 100 cm³/mol. The fraction of sp³-hybridized carbons (Fsp3) is 0.222. The molecule has 0 radical (unpaired) electrons. The van der Waals surface area contributed by atoms with Gasteiger partial charge in [0, 0.05) is 42.0 Å². The van der Waals surface area contributed by atoms with E-state index in [9.17, 15) is 14.9 Å². The molecular weight excluding hydrogens is 350 g/mol. The fourth-order valence-corrected chi connectivity index (χ4v) is 3.06. The molecule has 2 aromatic carbocycles. The van der Waals surface area contributed by atoms with Crippen molar-refractivity contribution in [3.05, 3.63) is 58.3 Å². The molecule has 1 fully saturated rings. The molecule has 4 rings (SSSR count). The van der Waals surface area contributed by atoms with Crippen molar-refractivity contribution in [1.82, 2.24) is 10.2 Å². The number of nitro groups is 1. The second-order valence-corrected chi connectivity index (χ2v) is 6.16. The third-order valence-electron chi connectivity index (χ3n) is 4.47. The molecule has 2 N–H and O–H groups in total. The Kier molecular flexibility index (Phi) is 4.43. The number of rotatable bonds is 4. The summed E-state index contributed by atoms with van der Waals surface area (Å²) < 4.78 is 5.35. The molecule has 1 aliphatic heterocycles. The summed E-state index contributed by atoms with van der Waals surface area (Å²) in [5, 5.41) is 20.9. The van der Waals surface area contributed by atoms with Crippen LogP contribution in [0.3, 0.4) is 0 Å². The molecule has 3 aromatic rings. The molecule has 1 aromatic heterocycles. The van der Waals surface area contributed by atoms with Gasteiger partial charge in [0.1, 0.15) is 0 Å². The highest BCUT2D eigenvalue weighted by atomic mass is 16.6. The SMILES string of the molecule is O=C(Nc1ccc(N2CCOCC2)cc1)c1n[nH]c2ccc([N+](=O)[O-])cc12. The van der Waals surface area contributed by atoms with E-state index in [1.54, 1.807) is 0 Å². The van der Waals surface area contributed by atoms with Crippen LogP contribution < -0.4 is 10.2 Å². The molecule has 1 amide bonds. The van der Waals surface area contributed by atoms with Crippen molar-refractivity contribution < 1.29 is 14.5 Å². The van der Waals surface area contributed by atoms with Crippen molar-refractivity contribution >= 4 is 33.9 Å². The summed E-state index contributed by atoms with van der Waals surface area (Å²) in [7, 11) is 0. The maximum absolute atomic E-state index is 12.6. The maximum Gasteiger partial charge on any atom is 0.276 e. The number of hydrogen-bond donors (Lipinski definition) is 2. The number of anilines is 2. The zero-order valence-corrected chi connectivity index (χ0v) is 14.3. The van der Waals surface area contributed by atoms with Crippen molar-refractivity contribution in [3.63, 3.8) is 0 Å². The third kappa shape index (κ3) is 3.44. The van der Waals surface area contributed by atoms with E-state index >= 15 is 0 Å². The monoisotopic (exact) mass is 367 g/mol. The molecule has 27 heavy (non-hydrogen) atoms. The summed E-state index contributed by atoms with van der Waals surface area (Å²) in [5.41, 5.74) is 2.28. The molecule has 9 heteroatoms. The Morgan fingerprint density at radius 3 is 2.63 bits per heavy atom. The Balaban J connectivity index is 1.52. The van der Waals surface area contributed by atoms with Crippen LogP contribution in [0.15, 0.2) is 42.5 Å². The summed E-state index contributed by atoms with van der Waals surface area (Å²) in [6.45, 7) is 3.08. The molecule has 2 heterocycles. The number of carbonyl (C=O) groups excluding carboxylic acids is 1. The molecule has 0 unspecified atom stereocenters. The van der Waals surface area contributed by atoms with Crippen molar-refractivity contribution in [1.29, 1.82) is 0 Å². The number of aromatic amines is 1. The van der Waals surface area contributed by atoms with E-state index < -0.39 is 10.8 Å². The summed E-state index contributed by atoms with van der Waals surface area (Å²) in [5.74, 6) is -0.430. The number of fused-ring (bicyclic) bond motifs is 1. The van der Waals surface area contributed by atoms with Crippen molar-refractivity contribution in [2.24, 2.45) is 0 Å². The van der Waals surface area contributed by atoms with E-state index in [4.69, 9.17) is 4.74 Å². The van der Waals surface area contributed by atoms with E-state index in [1.807, 2.05) is 24.3 Å². The lowest BCUT2D eigenvalue weighted by Gasteiger charge is -2.28. The zero-order valence-electron chi connectivity index (χ0n) is 14.3. The fourth-order valence-electron chi connectivity index (χ4n) is 3.06. The largest absolute Gasteiger partial charge is 0.378 e. The third-order valence-corrected chi connectivity index (χ3v) is 4.47. The van der Waals surface area contributed by atoms with Gasteiger partial charge in [-0.2, -0.15) is 5.10 Å². The second kappa shape index (κ2) is 7.04. The van der Waals surface area contributed by atoms with E-state index in [-0.39, 0.29) is 11.4 Å². The number of nitro benzene ring substituents is 1. The zero-order chi connectivity index (χ0) is 18.8. The minimum Gasteiger partial charge on any atom is -0.378 e. The molecule has 0 spiro atoms. The summed E-state index contributed by atoms with van der Waals surface area (Å²) in [4.78, 5) is 25.2. The Morgan fingerprint density at radius 1 is 1.19 bits per heavy atom. The van der Waals surface area contributed by atoms with Gasteiger partial charge >= 0.3 is 0 Å². The number of non-ortho nitro benzene ring substituents is 1. The van der Waals surface area contributed by atoms with Crippen molar-refractivity contribution in [2.75, 3.05) is 36.5 Å². The highest BCUT2D eigenvalue weighted by Gasteiger charge is 2.18. The van der Waals surface area contributed by atoms with E-state index in [1.165, 1.54) is 18.2 Å². The first-order chi connectivity index (χ1) is 13.1. The molecule has 0 aliphatic carbocycles. The molecule has 0 atom stereocenters. The Morgan fingerprint density at radius 2 is 1.93 bits per heavy atom. The topological polar surface area (TPSA) is 113 Å². The van der Waals surface area contributed by atoms with Gasteiger partial charge in [0.2, 0.25) is 0 Å². The average Bonchev–Trinajstić information content (AvgIpc) is 3.12. The number of carbonyl (C=O) groups is 1. The van der Waals surface area contributed by atoms with Gasteiger partial charge in [0.15, 0.2) is 5.69 Å². The lowest BCUT2D eigenvalue weighted by atomic mass is 10.1. The Bertz CT molecular complexity index is 993. The lowest BCUT2D eigenvalue weighted by Crippen LogP contribution is -2.36. The minimum absolute atomic E-state index is 0.0900. The van der Waals surface area contributed by atoms with E-state index in [2.05, 4.69) is 20.4 Å². The van der Waals surface area contributed by atoms with Gasteiger partial charge in [-0.25, -0.2) is 0 Å². The van der Waals surface area contributed by atoms with Crippen LogP contribution in [-0.2, 0) is 4.74 Å². The number of ether oxygens (including phenoxy) is 1. The predicted octanol–water partition coefficient (Wildman–Crippen LogP) is 2.56. The highest BCUT2D eigenvalue weighted by molar-refractivity contribution is 6.11. The van der Waals surface area contributed by atoms with E-state index in [0.29, 0.717) is 29.8 Å². The van der Waals surface area contributed by atoms with Crippen molar-refractivity contribution in [2.45, 2.75) is 0 Å². The number of aromatic nitrogens is 2. The summed E-state index contributed by atoms with van der Waals surface area (Å²) >= 11 is 0. The maximum atomic E-state index is 12.6. The minimum atomic E-state index is -0.502. The molecule has 0 bridgehead atoms. The molecule has 0 saturated carbocycles. The second-order valence-electron chi connectivity index (χ2n) is 6.16. The van der Waals surface area contributed by atoms with Gasteiger partial charge in [0.05, 0.1) is 23.7 Å². The summed E-state index contributed by atoms with van der Waals surface area (Å²) in [6.07, 6.45) is 0. The van der Waals surface area contributed by atoms with E-state index in [0.717, 1.165) is 18.8 Å². The molecular formula is C18H17N5O4. The number of morpholine rings is 1. The number of nitrogens with one attached hydrogen (secondary N) is 2. The first-order valence-electron chi connectivity index (χ1n) is 8.48. The van der Waals surface area contributed by atoms with Gasteiger partial charge < -0.3 is 15.0 Å². The van der Waals surface area contributed by atoms with Crippen LogP contribution in [0.5, 0.6) is 0 Å². The van der Waals surface area contributed by atoms with Crippen LogP contribution in [-0.4, -0.2) is 47.3 Å². The Labute approximate surface area is 154 Å². The quantitative estimate of drug-likeness (QED) is 0.541. The number of H-pyrrole nitrogens is 1. The van der Waals surface area contributed by atoms with Crippen LogP contribution in [0.2, 0.25) is 0 Å². The molecule has 9 nitrogen and oxygen atoms in total. The summed E-state index contributed by atoms with van der Waals surface area (Å²) in [6, 6.07) is 11.8. The van der Waals surface area contributed by atoms with Crippen LogP contribution in [0.4, 0.5) is 17.1 Å². The van der Waals surface area contributed by atoms with Gasteiger partial charge in [-0.3, -0.25) is 20.0 Å². The lowest BCUT2D eigenvalue weighted by molar-refractivity contribution is -0.384. The van der Waals surface area contributed by atoms with Crippen molar-refractivity contribution in [3.8, 4) is 0 Å². The first-order valence-corrected chi connectivity index (χ1v) is 8.48. The first kappa shape index (κ1) is 17.0. The average molecular weight is 367 g/mol.